The topological polar surface area (TPSA) is 68.2 Å². The van der Waals surface area contributed by atoms with Gasteiger partial charge in [-0.15, -0.1) is 0 Å². The van der Waals surface area contributed by atoms with E-state index in [1.54, 1.807) is 25.3 Å². The van der Waals surface area contributed by atoms with Crippen LogP contribution in [0.2, 0.25) is 0 Å². The van der Waals surface area contributed by atoms with Gasteiger partial charge in [-0.1, -0.05) is 0 Å². The minimum Gasteiger partial charge on any atom is -0.497 e. The lowest BCUT2D eigenvalue weighted by atomic mass is 10.1. The number of aliphatic hydroxyl groups is 1. The lowest BCUT2D eigenvalue weighted by Gasteiger charge is -2.22. The summed E-state index contributed by atoms with van der Waals surface area (Å²) in [5.41, 5.74) is 0.450. The molecule has 0 aliphatic heterocycles. The first-order valence-electron chi connectivity index (χ1n) is 6.28. The third kappa shape index (κ3) is 4.40. The fraction of sp³-hybridized carbons (Fsp3) is 0.500. The van der Waals surface area contributed by atoms with Crippen molar-refractivity contribution in [1.82, 2.24) is 4.90 Å². The van der Waals surface area contributed by atoms with E-state index in [0.29, 0.717) is 30.2 Å². The van der Waals surface area contributed by atoms with E-state index in [1.807, 2.05) is 0 Å². The van der Waals surface area contributed by atoms with E-state index >= 15 is 0 Å². The van der Waals surface area contributed by atoms with E-state index in [9.17, 15) is 4.79 Å². The summed E-state index contributed by atoms with van der Waals surface area (Å²) < 4.78 is 15.3. The Bertz CT molecular complexity index is 413. The molecule has 0 aliphatic carbocycles. The van der Waals surface area contributed by atoms with Gasteiger partial charge in [0.1, 0.15) is 11.5 Å². The van der Waals surface area contributed by atoms with Crippen molar-refractivity contribution in [2.75, 3.05) is 47.6 Å². The predicted molar refractivity (Wildman–Crippen MR) is 74.4 cm³/mol. The van der Waals surface area contributed by atoms with Crippen molar-refractivity contribution in [3.63, 3.8) is 0 Å². The highest BCUT2D eigenvalue weighted by Crippen LogP contribution is 2.23. The summed E-state index contributed by atoms with van der Waals surface area (Å²) in [6, 6.07) is 4.98. The molecule has 6 heteroatoms. The van der Waals surface area contributed by atoms with E-state index < -0.39 is 0 Å². The largest absolute Gasteiger partial charge is 0.497 e. The number of amides is 1. The van der Waals surface area contributed by atoms with Crippen molar-refractivity contribution < 1.29 is 24.1 Å². The summed E-state index contributed by atoms with van der Waals surface area (Å²) in [7, 11) is 4.62. The molecule has 112 valence electrons. The Morgan fingerprint density at radius 3 is 2.15 bits per heavy atom. The Balaban J connectivity index is 2.97. The monoisotopic (exact) mass is 283 g/mol. The number of hydrogen-bond acceptors (Lipinski definition) is 5. The second-order valence-electron chi connectivity index (χ2n) is 4.11. The lowest BCUT2D eigenvalue weighted by molar-refractivity contribution is 0.0656. The van der Waals surface area contributed by atoms with Gasteiger partial charge in [-0.2, -0.15) is 0 Å². The van der Waals surface area contributed by atoms with Crippen molar-refractivity contribution in [3.05, 3.63) is 23.8 Å². The van der Waals surface area contributed by atoms with E-state index in [1.165, 1.54) is 19.1 Å². The number of carbonyl (C=O) groups excluding carboxylic acids is 1. The molecule has 1 N–H and O–H groups in total. The summed E-state index contributed by atoms with van der Waals surface area (Å²) in [6.45, 7) is 0.973. The molecule has 6 nitrogen and oxygen atoms in total. The molecule has 0 saturated carbocycles. The Hall–Kier alpha value is -1.79. The second-order valence-corrected chi connectivity index (χ2v) is 4.11. The molecule has 20 heavy (non-hydrogen) atoms. The van der Waals surface area contributed by atoms with Gasteiger partial charge in [0.15, 0.2) is 0 Å². The minimum atomic E-state index is -0.201. The number of hydrogen-bond donors (Lipinski definition) is 1. The minimum absolute atomic E-state index is 0.101. The van der Waals surface area contributed by atoms with Crippen molar-refractivity contribution in [2.24, 2.45) is 0 Å². The molecule has 0 fully saturated rings. The van der Waals surface area contributed by atoms with Crippen molar-refractivity contribution >= 4 is 5.91 Å². The summed E-state index contributed by atoms with van der Waals surface area (Å²) >= 11 is 0. The van der Waals surface area contributed by atoms with Crippen LogP contribution in [0, 0.1) is 0 Å². The normalized spacial score (nSPS) is 10.2. The van der Waals surface area contributed by atoms with Crippen LogP contribution in [0.4, 0.5) is 0 Å². The lowest BCUT2D eigenvalue weighted by Crippen LogP contribution is -2.36. The first-order chi connectivity index (χ1) is 9.65. The molecule has 1 aromatic rings. The van der Waals surface area contributed by atoms with Crippen LogP contribution in [0.25, 0.3) is 0 Å². The molecule has 0 unspecified atom stereocenters. The Morgan fingerprint density at radius 2 is 1.70 bits per heavy atom. The zero-order valence-electron chi connectivity index (χ0n) is 12.1. The molecule has 0 spiro atoms. The molecule has 1 rings (SSSR count). The van der Waals surface area contributed by atoms with Gasteiger partial charge in [0.05, 0.1) is 27.4 Å². The van der Waals surface area contributed by atoms with Crippen LogP contribution in [-0.4, -0.2) is 63.5 Å². The Morgan fingerprint density at radius 1 is 1.10 bits per heavy atom. The van der Waals surface area contributed by atoms with Crippen molar-refractivity contribution in [1.29, 1.82) is 0 Å². The molecule has 0 atom stereocenters. The van der Waals surface area contributed by atoms with Crippen molar-refractivity contribution in [2.45, 2.75) is 0 Å². The standard InChI is InChI=1S/C14H21NO5/c1-18-7-5-15(4-6-16)14(17)11-8-12(19-2)10-13(9-11)20-3/h8-10,16H,4-7H2,1-3H3. The fourth-order valence-electron chi connectivity index (χ4n) is 1.75. The highest BCUT2D eigenvalue weighted by molar-refractivity contribution is 5.95. The van der Waals surface area contributed by atoms with Gasteiger partial charge in [0, 0.05) is 31.8 Å². The van der Waals surface area contributed by atoms with Gasteiger partial charge in [-0.25, -0.2) is 0 Å². The fourth-order valence-corrected chi connectivity index (χ4v) is 1.75. The maximum Gasteiger partial charge on any atom is 0.254 e. The third-order valence-corrected chi connectivity index (χ3v) is 2.82. The van der Waals surface area contributed by atoms with Crippen LogP contribution >= 0.6 is 0 Å². The zero-order valence-corrected chi connectivity index (χ0v) is 12.1. The average molecular weight is 283 g/mol. The molecular weight excluding hydrogens is 262 g/mol. The zero-order chi connectivity index (χ0) is 15.0. The van der Waals surface area contributed by atoms with Gasteiger partial charge in [0.25, 0.3) is 5.91 Å². The third-order valence-electron chi connectivity index (χ3n) is 2.82. The van der Waals surface area contributed by atoms with Crippen LogP contribution in [0.3, 0.4) is 0 Å². The number of benzene rings is 1. The number of carbonyl (C=O) groups is 1. The summed E-state index contributed by atoms with van der Waals surface area (Å²) in [5.74, 6) is 0.889. The quantitative estimate of drug-likeness (QED) is 0.764. The summed E-state index contributed by atoms with van der Waals surface area (Å²) in [5, 5.41) is 9.05. The van der Waals surface area contributed by atoms with Crippen molar-refractivity contribution in [3.8, 4) is 11.5 Å². The van der Waals surface area contributed by atoms with Crippen LogP contribution < -0.4 is 9.47 Å². The van der Waals surface area contributed by atoms with Gasteiger partial charge >= 0.3 is 0 Å². The number of ether oxygens (including phenoxy) is 3. The Kier molecular flexibility index (Phi) is 6.83. The molecule has 0 aromatic heterocycles. The SMILES string of the molecule is COCCN(CCO)C(=O)c1cc(OC)cc(OC)c1. The number of rotatable bonds is 8. The molecular formula is C14H21NO5. The van der Waals surface area contributed by atoms with Gasteiger partial charge in [-0.3, -0.25) is 4.79 Å². The molecule has 1 amide bonds. The smallest absolute Gasteiger partial charge is 0.254 e. The van der Waals surface area contributed by atoms with Gasteiger partial charge in [-0.05, 0) is 12.1 Å². The molecule has 0 aliphatic rings. The van der Waals surface area contributed by atoms with E-state index in [4.69, 9.17) is 19.3 Å². The van der Waals surface area contributed by atoms with Crippen LogP contribution in [0.5, 0.6) is 11.5 Å². The maximum absolute atomic E-state index is 12.4. The van der Waals surface area contributed by atoms with Crippen LogP contribution in [-0.2, 0) is 4.74 Å². The Labute approximate surface area is 118 Å². The molecule has 0 bridgehead atoms. The highest BCUT2D eigenvalue weighted by Gasteiger charge is 2.17. The van der Waals surface area contributed by atoms with E-state index in [2.05, 4.69) is 0 Å². The first-order valence-corrected chi connectivity index (χ1v) is 6.28. The highest BCUT2D eigenvalue weighted by atomic mass is 16.5. The van der Waals surface area contributed by atoms with Crippen LogP contribution in [0.15, 0.2) is 18.2 Å². The first kappa shape index (κ1) is 16.3. The van der Waals surface area contributed by atoms with Gasteiger partial charge < -0.3 is 24.2 Å². The van der Waals surface area contributed by atoms with Gasteiger partial charge in [0.2, 0.25) is 0 Å². The average Bonchev–Trinajstić information content (AvgIpc) is 2.50. The molecule has 0 heterocycles. The number of methoxy groups -OCH3 is 3. The predicted octanol–water partition coefficient (Wildman–Crippen LogP) is 0.785. The maximum atomic E-state index is 12.4. The molecule has 0 saturated heterocycles. The molecule has 0 radical (unpaired) electrons. The van der Waals surface area contributed by atoms with E-state index in [0.717, 1.165) is 0 Å². The number of aliphatic hydroxyl groups excluding tert-OH is 1. The molecule has 1 aromatic carbocycles. The second kappa shape index (κ2) is 8.39. The van der Waals surface area contributed by atoms with E-state index in [-0.39, 0.29) is 19.1 Å². The number of nitrogens with zero attached hydrogens (tertiary/aromatic N) is 1. The summed E-state index contributed by atoms with van der Waals surface area (Å²) in [4.78, 5) is 14.0. The summed E-state index contributed by atoms with van der Waals surface area (Å²) in [6.07, 6.45) is 0. The van der Waals surface area contributed by atoms with Crippen LogP contribution in [0.1, 0.15) is 10.4 Å².